The highest BCUT2D eigenvalue weighted by atomic mass is 19.1. The van der Waals surface area contributed by atoms with Crippen molar-refractivity contribution in [1.29, 1.82) is 5.26 Å². The molecule has 0 bridgehead atoms. The molecule has 1 aliphatic rings. The second-order valence-corrected chi connectivity index (χ2v) is 6.25. The van der Waals surface area contributed by atoms with E-state index in [2.05, 4.69) is 10.1 Å². The zero-order valence-corrected chi connectivity index (χ0v) is 14.1. The number of amides is 1. The Bertz CT molecular complexity index is 941. The van der Waals surface area contributed by atoms with E-state index in [-0.39, 0.29) is 23.9 Å². The molecule has 1 aromatic carbocycles. The van der Waals surface area contributed by atoms with E-state index in [1.165, 1.54) is 11.0 Å². The summed E-state index contributed by atoms with van der Waals surface area (Å²) >= 11 is 0. The summed E-state index contributed by atoms with van der Waals surface area (Å²) < 4.78 is 15.3. The SMILES string of the molecule is CN1C(=O)C[C@](C)(c2cc(-c3cc(F)cc(C#N)c3)nn2C)N=C1N. The monoisotopic (exact) mass is 340 g/mol. The zero-order valence-electron chi connectivity index (χ0n) is 14.1. The summed E-state index contributed by atoms with van der Waals surface area (Å²) in [6.07, 6.45) is 0.149. The number of aromatic nitrogens is 2. The van der Waals surface area contributed by atoms with Crippen molar-refractivity contribution < 1.29 is 9.18 Å². The van der Waals surface area contributed by atoms with Crippen LogP contribution in [-0.2, 0) is 17.4 Å². The third-order valence-electron chi connectivity index (χ3n) is 4.33. The molecule has 7 nitrogen and oxygen atoms in total. The molecule has 0 spiro atoms. The summed E-state index contributed by atoms with van der Waals surface area (Å²) in [7, 11) is 3.30. The highest BCUT2D eigenvalue weighted by molar-refractivity contribution is 5.98. The predicted octanol–water partition coefficient (Wildman–Crippen LogP) is 1.49. The van der Waals surface area contributed by atoms with Crippen molar-refractivity contribution >= 4 is 11.9 Å². The Morgan fingerprint density at radius 2 is 2.04 bits per heavy atom. The Morgan fingerprint density at radius 3 is 2.68 bits per heavy atom. The van der Waals surface area contributed by atoms with Crippen molar-refractivity contribution in [3.05, 3.63) is 41.3 Å². The fourth-order valence-electron chi connectivity index (χ4n) is 2.97. The molecule has 0 fully saturated rings. The van der Waals surface area contributed by atoms with Gasteiger partial charge in [0.25, 0.3) is 0 Å². The number of halogens is 1. The van der Waals surface area contributed by atoms with Gasteiger partial charge in [-0.25, -0.2) is 9.38 Å². The van der Waals surface area contributed by atoms with Crippen LogP contribution in [0.15, 0.2) is 29.3 Å². The number of guanidine groups is 1. The number of aryl methyl sites for hydroxylation is 1. The van der Waals surface area contributed by atoms with E-state index in [0.717, 1.165) is 6.07 Å². The average Bonchev–Trinajstić information content (AvgIpc) is 2.94. The summed E-state index contributed by atoms with van der Waals surface area (Å²) in [5.74, 6) is -0.515. The molecule has 0 unspecified atom stereocenters. The third kappa shape index (κ3) is 2.85. The van der Waals surface area contributed by atoms with Gasteiger partial charge in [0, 0.05) is 19.7 Å². The first-order chi connectivity index (χ1) is 11.7. The molecular weight excluding hydrogens is 323 g/mol. The second-order valence-electron chi connectivity index (χ2n) is 6.25. The van der Waals surface area contributed by atoms with Gasteiger partial charge < -0.3 is 5.73 Å². The van der Waals surface area contributed by atoms with E-state index in [1.807, 2.05) is 6.07 Å². The first kappa shape index (κ1) is 16.6. The number of rotatable bonds is 2. The maximum Gasteiger partial charge on any atom is 0.231 e. The maximum atomic E-state index is 13.7. The van der Waals surface area contributed by atoms with Crippen LogP contribution in [0, 0.1) is 17.1 Å². The Morgan fingerprint density at radius 1 is 1.32 bits per heavy atom. The van der Waals surface area contributed by atoms with Crippen LogP contribution < -0.4 is 5.73 Å². The van der Waals surface area contributed by atoms with Crippen LogP contribution in [0.5, 0.6) is 0 Å². The zero-order chi connectivity index (χ0) is 18.4. The Labute approximate surface area is 144 Å². The molecule has 2 N–H and O–H groups in total. The molecular formula is C17H17FN6O. The van der Waals surface area contributed by atoms with Gasteiger partial charge in [-0.2, -0.15) is 10.4 Å². The molecule has 0 radical (unpaired) electrons. The van der Waals surface area contributed by atoms with Crippen LogP contribution in [0.1, 0.15) is 24.6 Å². The standard InChI is InChI=1S/C17H17FN6O/c1-17(8-15(25)23(2)16(20)21-17)14-7-13(22-24(14)3)11-4-10(9-19)5-12(18)6-11/h4-7H,8H2,1-3H3,(H2,20,21)/t17-/m1/s1. The largest absolute Gasteiger partial charge is 0.369 e. The molecule has 128 valence electrons. The van der Waals surface area contributed by atoms with Gasteiger partial charge in [0.1, 0.15) is 11.4 Å². The molecule has 1 amide bonds. The average molecular weight is 340 g/mol. The van der Waals surface area contributed by atoms with E-state index < -0.39 is 11.4 Å². The lowest BCUT2D eigenvalue weighted by molar-refractivity contribution is -0.128. The molecule has 1 aliphatic heterocycles. The van der Waals surface area contributed by atoms with Crippen molar-refractivity contribution in [1.82, 2.24) is 14.7 Å². The number of nitriles is 1. The Kier molecular flexibility index (Phi) is 3.80. The topological polar surface area (TPSA) is 100 Å². The van der Waals surface area contributed by atoms with Gasteiger partial charge in [0.2, 0.25) is 5.91 Å². The normalized spacial score (nSPS) is 20.4. The summed E-state index contributed by atoms with van der Waals surface area (Å²) in [4.78, 5) is 17.9. The molecule has 0 aliphatic carbocycles. The number of hydrogen-bond donors (Lipinski definition) is 1. The molecule has 1 atom stereocenters. The van der Waals surface area contributed by atoms with E-state index >= 15 is 0 Å². The van der Waals surface area contributed by atoms with Crippen molar-refractivity contribution in [2.45, 2.75) is 18.9 Å². The summed E-state index contributed by atoms with van der Waals surface area (Å²) in [6.45, 7) is 1.80. The smallest absolute Gasteiger partial charge is 0.231 e. The van der Waals surface area contributed by atoms with Gasteiger partial charge in [-0.3, -0.25) is 14.4 Å². The van der Waals surface area contributed by atoms with Gasteiger partial charge in [-0.1, -0.05) is 0 Å². The highest BCUT2D eigenvalue weighted by Gasteiger charge is 2.38. The Balaban J connectivity index is 2.09. The number of hydrogen-bond acceptors (Lipinski definition) is 5. The number of nitrogens with two attached hydrogens (primary N) is 1. The van der Waals surface area contributed by atoms with Gasteiger partial charge in [-0.15, -0.1) is 0 Å². The second kappa shape index (κ2) is 5.70. The minimum Gasteiger partial charge on any atom is -0.369 e. The van der Waals surface area contributed by atoms with Gasteiger partial charge in [0.15, 0.2) is 5.96 Å². The lowest BCUT2D eigenvalue weighted by atomic mass is 9.91. The predicted molar refractivity (Wildman–Crippen MR) is 89.7 cm³/mol. The first-order valence-corrected chi connectivity index (χ1v) is 7.61. The quantitative estimate of drug-likeness (QED) is 0.895. The molecule has 1 aromatic heterocycles. The minimum atomic E-state index is -0.862. The van der Waals surface area contributed by atoms with Crippen molar-refractivity contribution in [2.24, 2.45) is 17.8 Å². The van der Waals surface area contributed by atoms with Crippen molar-refractivity contribution in [2.75, 3.05) is 7.05 Å². The van der Waals surface area contributed by atoms with Crippen molar-refractivity contribution in [3.8, 4) is 17.3 Å². The molecule has 0 saturated heterocycles. The highest BCUT2D eigenvalue weighted by Crippen LogP contribution is 2.34. The molecule has 2 aromatic rings. The van der Waals surface area contributed by atoms with Crippen LogP contribution in [0.4, 0.5) is 4.39 Å². The Hall–Kier alpha value is -3.21. The van der Waals surface area contributed by atoms with E-state index in [4.69, 9.17) is 11.0 Å². The van der Waals surface area contributed by atoms with E-state index in [0.29, 0.717) is 17.0 Å². The maximum absolute atomic E-state index is 13.7. The van der Waals surface area contributed by atoms with Crippen LogP contribution in [0.2, 0.25) is 0 Å². The number of nitrogens with zero attached hydrogens (tertiary/aromatic N) is 5. The number of benzene rings is 1. The summed E-state index contributed by atoms with van der Waals surface area (Å²) in [6, 6.07) is 7.70. The van der Waals surface area contributed by atoms with Crippen LogP contribution in [0.3, 0.4) is 0 Å². The third-order valence-corrected chi connectivity index (χ3v) is 4.33. The lowest BCUT2D eigenvalue weighted by Crippen LogP contribution is -2.48. The summed E-state index contributed by atoms with van der Waals surface area (Å²) in [5.41, 5.74) is 6.85. The molecule has 0 saturated carbocycles. The van der Waals surface area contributed by atoms with Crippen LogP contribution in [0.25, 0.3) is 11.3 Å². The van der Waals surface area contributed by atoms with Crippen molar-refractivity contribution in [3.63, 3.8) is 0 Å². The van der Waals surface area contributed by atoms with Crippen LogP contribution in [-0.4, -0.2) is 33.6 Å². The van der Waals surface area contributed by atoms with Gasteiger partial charge >= 0.3 is 0 Å². The number of carbonyl (C=O) groups excluding carboxylic acids is 1. The molecule has 8 heteroatoms. The lowest BCUT2D eigenvalue weighted by Gasteiger charge is -2.33. The van der Waals surface area contributed by atoms with Gasteiger partial charge in [-0.05, 0) is 31.2 Å². The van der Waals surface area contributed by atoms with E-state index in [1.54, 1.807) is 37.8 Å². The fraction of sp³-hybridized carbons (Fsp3) is 0.294. The fourth-order valence-corrected chi connectivity index (χ4v) is 2.97. The minimum absolute atomic E-state index is 0.138. The van der Waals surface area contributed by atoms with E-state index in [9.17, 15) is 9.18 Å². The molecule has 2 heterocycles. The number of carbonyl (C=O) groups is 1. The van der Waals surface area contributed by atoms with Crippen LogP contribution >= 0.6 is 0 Å². The first-order valence-electron chi connectivity index (χ1n) is 7.61. The number of aliphatic imine (C=N–C) groups is 1. The molecule has 25 heavy (non-hydrogen) atoms. The molecule has 3 rings (SSSR count). The van der Waals surface area contributed by atoms with Gasteiger partial charge in [0.05, 0.1) is 29.4 Å². The summed E-state index contributed by atoms with van der Waals surface area (Å²) in [5, 5.41) is 13.4.